The number of hydrogen-bond acceptors (Lipinski definition) is 3. The van der Waals surface area contributed by atoms with Gasteiger partial charge in [-0.3, -0.25) is 4.90 Å². The van der Waals surface area contributed by atoms with Gasteiger partial charge in [-0.25, -0.2) is 0 Å². The Morgan fingerprint density at radius 2 is 2.35 bits per heavy atom. The molecule has 17 heavy (non-hydrogen) atoms. The molecule has 2 nitrogen and oxygen atoms in total. The zero-order chi connectivity index (χ0) is 11.7. The van der Waals surface area contributed by atoms with Gasteiger partial charge in [0.15, 0.2) is 0 Å². The van der Waals surface area contributed by atoms with Gasteiger partial charge in [0, 0.05) is 28.9 Å². The molecule has 2 atom stereocenters. The number of thiophene rings is 1. The van der Waals surface area contributed by atoms with Crippen LogP contribution >= 0.6 is 22.9 Å². The third kappa shape index (κ3) is 2.68. The number of nitrogens with zero attached hydrogens (tertiary/aromatic N) is 1. The van der Waals surface area contributed by atoms with Gasteiger partial charge >= 0.3 is 0 Å². The lowest BCUT2D eigenvalue weighted by Gasteiger charge is -2.29. The molecule has 1 N–H and O–H groups in total. The highest BCUT2D eigenvalue weighted by molar-refractivity contribution is 7.10. The van der Waals surface area contributed by atoms with E-state index in [9.17, 15) is 0 Å². The molecule has 94 valence electrons. The summed E-state index contributed by atoms with van der Waals surface area (Å²) in [6.45, 7) is 3.54. The Morgan fingerprint density at radius 1 is 1.41 bits per heavy atom. The lowest BCUT2D eigenvalue weighted by molar-refractivity contribution is 0.208. The van der Waals surface area contributed by atoms with Gasteiger partial charge < -0.3 is 5.32 Å². The summed E-state index contributed by atoms with van der Waals surface area (Å²) in [5.41, 5.74) is 0. The summed E-state index contributed by atoms with van der Waals surface area (Å²) in [7, 11) is 0. The Kier molecular flexibility index (Phi) is 3.71. The van der Waals surface area contributed by atoms with Crippen molar-refractivity contribution in [3.8, 4) is 0 Å². The Morgan fingerprint density at radius 3 is 3.06 bits per heavy atom. The van der Waals surface area contributed by atoms with Crippen LogP contribution in [0, 0.1) is 0 Å². The summed E-state index contributed by atoms with van der Waals surface area (Å²) in [5, 5.41) is 6.58. The van der Waals surface area contributed by atoms with Crippen LogP contribution < -0.4 is 5.32 Å². The molecular weight excluding hydrogens is 252 g/mol. The zero-order valence-corrected chi connectivity index (χ0v) is 11.6. The highest BCUT2D eigenvalue weighted by Crippen LogP contribution is 2.28. The van der Waals surface area contributed by atoms with Crippen LogP contribution in [0.4, 0.5) is 0 Å². The second-order valence-corrected chi connectivity index (χ2v) is 6.55. The molecule has 0 spiro atoms. The molecule has 0 aliphatic carbocycles. The molecule has 0 amide bonds. The third-order valence-electron chi connectivity index (χ3n) is 3.96. The van der Waals surface area contributed by atoms with E-state index in [-0.39, 0.29) is 0 Å². The van der Waals surface area contributed by atoms with Gasteiger partial charge in [-0.2, -0.15) is 0 Å². The summed E-state index contributed by atoms with van der Waals surface area (Å²) in [6.07, 6.45) is 5.41. The van der Waals surface area contributed by atoms with Crippen molar-refractivity contribution in [1.82, 2.24) is 10.2 Å². The van der Waals surface area contributed by atoms with Gasteiger partial charge in [0.05, 0.1) is 5.02 Å². The first-order valence-electron chi connectivity index (χ1n) is 6.53. The molecule has 1 aromatic rings. The predicted molar refractivity (Wildman–Crippen MR) is 73.8 cm³/mol. The minimum atomic E-state index is 0.730. The average molecular weight is 271 g/mol. The van der Waals surface area contributed by atoms with E-state index in [0.717, 1.165) is 23.7 Å². The summed E-state index contributed by atoms with van der Waals surface area (Å²) in [4.78, 5) is 4.05. The summed E-state index contributed by atoms with van der Waals surface area (Å²) < 4.78 is 0. The second kappa shape index (κ2) is 5.27. The fraction of sp³-hybridized carbons (Fsp3) is 0.692. The van der Waals surface area contributed by atoms with Gasteiger partial charge in [-0.1, -0.05) is 11.6 Å². The van der Waals surface area contributed by atoms with E-state index in [1.54, 1.807) is 11.3 Å². The molecule has 4 heteroatoms. The van der Waals surface area contributed by atoms with Gasteiger partial charge in [0.25, 0.3) is 0 Å². The third-order valence-corrected chi connectivity index (χ3v) is 5.23. The van der Waals surface area contributed by atoms with Crippen molar-refractivity contribution in [2.24, 2.45) is 0 Å². The molecule has 3 heterocycles. The fourth-order valence-corrected chi connectivity index (χ4v) is 4.28. The molecule has 1 aromatic heterocycles. The van der Waals surface area contributed by atoms with Crippen molar-refractivity contribution in [2.75, 3.05) is 13.1 Å². The average Bonchev–Trinajstić information content (AvgIpc) is 3.00. The molecule has 0 radical (unpaired) electrons. The van der Waals surface area contributed by atoms with Crippen molar-refractivity contribution in [1.29, 1.82) is 0 Å². The summed E-state index contributed by atoms with van der Waals surface area (Å²) in [5.74, 6) is 0. The van der Waals surface area contributed by atoms with Crippen molar-refractivity contribution in [3.05, 3.63) is 21.3 Å². The number of likely N-dealkylation sites (tertiary alicyclic amines) is 1. The second-order valence-electron chi connectivity index (χ2n) is 5.11. The smallest absolute Gasteiger partial charge is 0.0516 e. The highest BCUT2D eigenvalue weighted by atomic mass is 35.5. The molecule has 2 fully saturated rings. The fourth-order valence-electron chi connectivity index (χ4n) is 3.18. The van der Waals surface area contributed by atoms with Gasteiger partial charge in [0.1, 0.15) is 0 Å². The number of hydrogen-bond donors (Lipinski definition) is 1. The number of halogens is 1. The molecule has 0 saturated carbocycles. The molecule has 0 aromatic carbocycles. The normalized spacial score (nSPS) is 30.2. The zero-order valence-electron chi connectivity index (χ0n) is 9.99. The number of nitrogens with one attached hydrogen (secondary N) is 1. The molecule has 2 aliphatic rings. The van der Waals surface area contributed by atoms with Crippen LogP contribution in [0.2, 0.25) is 5.02 Å². The topological polar surface area (TPSA) is 15.3 Å². The largest absolute Gasteiger partial charge is 0.312 e. The minimum Gasteiger partial charge on any atom is -0.312 e. The molecule has 2 aliphatic heterocycles. The lowest BCUT2D eigenvalue weighted by atomic mass is 10.0. The quantitative estimate of drug-likeness (QED) is 0.908. The molecule has 2 unspecified atom stereocenters. The minimum absolute atomic E-state index is 0.730. The Labute approximate surface area is 112 Å². The van der Waals surface area contributed by atoms with Crippen LogP contribution in [0.3, 0.4) is 0 Å². The Hall–Kier alpha value is -0.0900. The Bertz CT molecular complexity index is 373. The van der Waals surface area contributed by atoms with E-state index in [2.05, 4.69) is 16.3 Å². The molecular formula is C13H19ClN2S. The van der Waals surface area contributed by atoms with E-state index < -0.39 is 0 Å². The summed E-state index contributed by atoms with van der Waals surface area (Å²) in [6, 6.07) is 3.59. The van der Waals surface area contributed by atoms with Crippen LogP contribution in [0.1, 0.15) is 30.6 Å². The van der Waals surface area contributed by atoms with E-state index in [1.165, 1.54) is 43.6 Å². The van der Waals surface area contributed by atoms with Gasteiger partial charge in [0.2, 0.25) is 0 Å². The summed E-state index contributed by atoms with van der Waals surface area (Å²) >= 11 is 7.78. The predicted octanol–water partition coefficient (Wildman–Crippen LogP) is 3.12. The van der Waals surface area contributed by atoms with Crippen LogP contribution in [-0.4, -0.2) is 30.1 Å². The number of rotatable bonds is 3. The first-order chi connectivity index (χ1) is 8.33. The Balaban J connectivity index is 1.65. The van der Waals surface area contributed by atoms with Gasteiger partial charge in [-0.05, 0) is 44.8 Å². The van der Waals surface area contributed by atoms with Crippen molar-refractivity contribution >= 4 is 22.9 Å². The van der Waals surface area contributed by atoms with Crippen LogP contribution in [0.5, 0.6) is 0 Å². The van der Waals surface area contributed by atoms with E-state index in [0.29, 0.717) is 0 Å². The molecule has 3 rings (SSSR count). The van der Waals surface area contributed by atoms with Gasteiger partial charge in [-0.15, -0.1) is 11.3 Å². The van der Waals surface area contributed by atoms with Crippen LogP contribution in [0.15, 0.2) is 11.4 Å². The monoisotopic (exact) mass is 270 g/mol. The first kappa shape index (κ1) is 12.0. The molecule has 0 bridgehead atoms. The lowest BCUT2D eigenvalue weighted by Crippen LogP contribution is -2.43. The van der Waals surface area contributed by atoms with Crippen molar-refractivity contribution < 1.29 is 0 Å². The van der Waals surface area contributed by atoms with E-state index >= 15 is 0 Å². The van der Waals surface area contributed by atoms with E-state index in [1.807, 2.05) is 5.38 Å². The van der Waals surface area contributed by atoms with Crippen molar-refractivity contribution in [3.63, 3.8) is 0 Å². The van der Waals surface area contributed by atoms with Crippen molar-refractivity contribution in [2.45, 2.75) is 44.3 Å². The van der Waals surface area contributed by atoms with Crippen LogP contribution in [-0.2, 0) is 6.54 Å². The highest BCUT2D eigenvalue weighted by Gasteiger charge is 2.33. The van der Waals surface area contributed by atoms with Crippen LogP contribution in [0.25, 0.3) is 0 Å². The SMILES string of the molecule is Clc1csc(CN2CCCC2C2CCCN2)c1. The maximum Gasteiger partial charge on any atom is 0.0516 e. The first-order valence-corrected chi connectivity index (χ1v) is 7.79. The maximum atomic E-state index is 5.99. The molecule has 2 saturated heterocycles. The standard InChI is InChI=1S/C13H19ClN2S/c14-10-7-11(17-9-10)8-16-6-2-4-13(16)12-3-1-5-15-12/h7,9,12-13,15H,1-6,8H2. The maximum absolute atomic E-state index is 5.99. The van der Waals surface area contributed by atoms with E-state index in [4.69, 9.17) is 11.6 Å².